The van der Waals surface area contributed by atoms with Gasteiger partial charge in [0.15, 0.2) is 0 Å². The molecule has 2 nitrogen and oxygen atoms in total. The van der Waals surface area contributed by atoms with E-state index in [0.29, 0.717) is 0 Å². The fourth-order valence-corrected chi connectivity index (χ4v) is 1.67. The molecular weight excluding hydrogens is 243 g/mol. The fraction of sp³-hybridized carbons (Fsp3) is 0.500. The van der Waals surface area contributed by atoms with Crippen molar-refractivity contribution < 1.29 is 9.05 Å². The van der Waals surface area contributed by atoms with Gasteiger partial charge in [0.2, 0.25) is 9.03 Å². The van der Waals surface area contributed by atoms with Crippen LogP contribution in [-0.4, -0.2) is 6.61 Å². The van der Waals surface area contributed by atoms with Gasteiger partial charge < -0.3 is 9.05 Å². The number of benzene rings is 1. The Morgan fingerprint density at radius 3 is 2.44 bits per heavy atom. The van der Waals surface area contributed by atoms with Gasteiger partial charge in [-0.05, 0) is 25.5 Å². The summed E-state index contributed by atoms with van der Waals surface area (Å²) >= 11 is 0. The first kappa shape index (κ1) is 15.7. The third-order valence-corrected chi connectivity index (χ3v) is 2.73. The highest BCUT2D eigenvalue weighted by Gasteiger charge is 1.93. The predicted molar refractivity (Wildman–Crippen MR) is 72.8 cm³/mol. The third-order valence-electron chi connectivity index (χ3n) is 2.09. The van der Waals surface area contributed by atoms with E-state index < -0.39 is 0 Å². The van der Waals surface area contributed by atoms with Crippen molar-refractivity contribution in [1.29, 1.82) is 0 Å². The number of hydrogen-bond donors (Lipinski definition) is 0. The summed E-state index contributed by atoms with van der Waals surface area (Å²) in [5.41, 5.74) is 1.24. The van der Waals surface area contributed by atoms with Crippen LogP contribution in [0.3, 0.4) is 0 Å². The Morgan fingerprint density at radius 1 is 1.12 bits per heavy atom. The van der Waals surface area contributed by atoms with Crippen LogP contribution in [0.15, 0.2) is 24.3 Å². The summed E-state index contributed by atoms with van der Waals surface area (Å²) in [4.78, 5) is 0. The molecular formula is C12H20ClO2P. The van der Waals surface area contributed by atoms with Crippen LogP contribution in [0.1, 0.15) is 31.7 Å². The van der Waals surface area contributed by atoms with E-state index in [9.17, 15) is 0 Å². The molecule has 1 unspecified atom stereocenters. The highest BCUT2D eigenvalue weighted by Crippen LogP contribution is 2.21. The molecule has 0 bridgehead atoms. The van der Waals surface area contributed by atoms with Crippen LogP contribution in [0.4, 0.5) is 0 Å². The highest BCUT2D eigenvalue weighted by molar-refractivity contribution is 7.26. The summed E-state index contributed by atoms with van der Waals surface area (Å²) < 4.78 is 10.8. The van der Waals surface area contributed by atoms with Gasteiger partial charge in [0, 0.05) is 0 Å². The second kappa shape index (κ2) is 9.89. The lowest BCUT2D eigenvalue weighted by Crippen LogP contribution is -1.87. The Labute approximate surface area is 106 Å². The van der Waals surface area contributed by atoms with Gasteiger partial charge in [0.25, 0.3) is 0 Å². The van der Waals surface area contributed by atoms with E-state index in [1.807, 2.05) is 24.3 Å². The molecule has 0 saturated carbocycles. The third kappa shape index (κ3) is 7.05. The van der Waals surface area contributed by atoms with E-state index in [0.717, 1.165) is 18.8 Å². The van der Waals surface area contributed by atoms with Crippen molar-refractivity contribution in [2.45, 2.75) is 33.1 Å². The number of halogens is 1. The molecule has 0 saturated heterocycles. The van der Waals surface area contributed by atoms with Gasteiger partial charge in [-0.25, -0.2) is 0 Å². The fourth-order valence-electron chi connectivity index (χ4n) is 1.15. The minimum atomic E-state index is 0. The summed E-state index contributed by atoms with van der Waals surface area (Å²) in [6.45, 7) is 5.05. The zero-order valence-electron chi connectivity index (χ0n) is 9.86. The van der Waals surface area contributed by atoms with Crippen molar-refractivity contribution in [3.05, 3.63) is 29.8 Å². The average molecular weight is 263 g/mol. The first-order valence-electron chi connectivity index (χ1n) is 5.43. The predicted octanol–water partition coefficient (Wildman–Crippen LogP) is 4.51. The van der Waals surface area contributed by atoms with Crippen LogP contribution < -0.4 is 4.52 Å². The molecule has 1 aromatic rings. The molecule has 0 heterocycles. The van der Waals surface area contributed by atoms with Crippen molar-refractivity contribution >= 4 is 21.4 Å². The molecule has 1 atom stereocenters. The molecule has 92 valence electrons. The first-order valence-corrected chi connectivity index (χ1v) is 6.25. The molecule has 0 amide bonds. The summed E-state index contributed by atoms with van der Waals surface area (Å²) in [7, 11) is 0.118. The van der Waals surface area contributed by atoms with Gasteiger partial charge in [0.1, 0.15) is 5.75 Å². The summed E-state index contributed by atoms with van der Waals surface area (Å²) in [6, 6.07) is 8.02. The molecule has 0 N–H and O–H groups in total. The SMILES string of the molecule is CCCCCOPOc1ccc(C)cc1.Cl. The van der Waals surface area contributed by atoms with Crippen LogP contribution in [-0.2, 0) is 4.52 Å². The van der Waals surface area contributed by atoms with Crippen molar-refractivity contribution in [3.63, 3.8) is 0 Å². The van der Waals surface area contributed by atoms with E-state index in [-0.39, 0.29) is 21.4 Å². The summed E-state index contributed by atoms with van der Waals surface area (Å²) in [6.07, 6.45) is 3.58. The Hall–Kier alpha value is -0.300. The van der Waals surface area contributed by atoms with Gasteiger partial charge in [-0.3, -0.25) is 0 Å². The van der Waals surface area contributed by atoms with Crippen LogP contribution in [0.5, 0.6) is 5.75 Å². The van der Waals surface area contributed by atoms with Crippen LogP contribution in [0, 0.1) is 6.92 Å². The smallest absolute Gasteiger partial charge is 0.215 e. The molecule has 0 aliphatic carbocycles. The van der Waals surface area contributed by atoms with Crippen LogP contribution in [0.2, 0.25) is 0 Å². The Balaban J connectivity index is 0.00000225. The topological polar surface area (TPSA) is 18.5 Å². The van der Waals surface area contributed by atoms with Crippen molar-refractivity contribution in [3.8, 4) is 5.75 Å². The van der Waals surface area contributed by atoms with Gasteiger partial charge in [-0.1, -0.05) is 37.5 Å². The molecule has 1 rings (SSSR count). The molecule has 4 heteroatoms. The van der Waals surface area contributed by atoms with Crippen molar-refractivity contribution in [2.75, 3.05) is 6.61 Å². The molecule has 0 aliphatic rings. The zero-order chi connectivity index (χ0) is 10.9. The lowest BCUT2D eigenvalue weighted by molar-refractivity contribution is 0.318. The van der Waals surface area contributed by atoms with Crippen molar-refractivity contribution in [1.82, 2.24) is 0 Å². The number of unbranched alkanes of at least 4 members (excludes halogenated alkanes) is 2. The van der Waals surface area contributed by atoms with E-state index in [2.05, 4.69) is 13.8 Å². The second-order valence-electron chi connectivity index (χ2n) is 3.55. The summed E-state index contributed by atoms with van der Waals surface area (Å²) in [5, 5.41) is 0. The van der Waals surface area contributed by atoms with E-state index >= 15 is 0 Å². The van der Waals surface area contributed by atoms with Crippen LogP contribution in [0.25, 0.3) is 0 Å². The van der Waals surface area contributed by atoms with E-state index in [1.165, 1.54) is 18.4 Å². The maximum atomic E-state index is 5.45. The van der Waals surface area contributed by atoms with Gasteiger partial charge >= 0.3 is 0 Å². The van der Waals surface area contributed by atoms with E-state index in [1.54, 1.807) is 0 Å². The van der Waals surface area contributed by atoms with Gasteiger partial charge in [-0.2, -0.15) is 0 Å². The number of hydrogen-bond acceptors (Lipinski definition) is 2. The highest BCUT2D eigenvalue weighted by atomic mass is 35.5. The molecule has 0 aromatic heterocycles. The standard InChI is InChI=1S/C12H19O2P.ClH/c1-3-4-5-10-13-15-14-12-8-6-11(2)7-9-12;/h6-9,15H,3-5,10H2,1-2H3;1H. The molecule has 0 spiro atoms. The molecule has 0 radical (unpaired) electrons. The number of aryl methyl sites for hydroxylation is 1. The zero-order valence-corrected chi connectivity index (χ0v) is 11.7. The van der Waals surface area contributed by atoms with Crippen molar-refractivity contribution in [2.24, 2.45) is 0 Å². The largest absolute Gasteiger partial charge is 0.450 e. The number of rotatable bonds is 7. The molecule has 1 aromatic carbocycles. The summed E-state index contributed by atoms with van der Waals surface area (Å²) in [5.74, 6) is 0.884. The van der Waals surface area contributed by atoms with Gasteiger partial charge in [0.05, 0.1) is 6.61 Å². The molecule has 0 aliphatic heterocycles. The Bertz CT molecular complexity index is 264. The van der Waals surface area contributed by atoms with Gasteiger partial charge in [-0.15, -0.1) is 12.4 Å². The first-order chi connectivity index (χ1) is 7.33. The minimum Gasteiger partial charge on any atom is -0.450 e. The minimum absolute atomic E-state index is 0. The lowest BCUT2D eigenvalue weighted by atomic mass is 10.2. The monoisotopic (exact) mass is 262 g/mol. The normalized spacial score (nSPS) is 10.4. The average Bonchev–Trinajstić information content (AvgIpc) is 2.26. The molecule has 16 heavy (non-hydrogen) atoms. The maximum absolute atomic E-state index is 5.45. The lowest BCUT2D eigenvalue weighted by Gasteiger charge is -2.05. The second-order valence-corrected chi connectivity index (χ2v) is 4.21. The van der Waals surface area contributed by atoms with E-state index in [4.69, 9.17) is 9.05 Å². The Morgan fingerprint density at radius 2 is 1.81 bits per heavy atom. The maximum Gasteiger partial charge on any atom is 0.215 e. The Kier molecular flexibility index (Phi) is 9.71. The van der Waals surface area contributed by atoms with Crippen LogP contribution >= 0.6 is 21.4 Å². The quantitative estimate of drug-likeness (QED) is 0.532. The molecule has 0 fully saturated rings.